The molecule has 0 saturated carbocycles. The molecule has 21 heavy (non-hydrogen) atoms. The monoisotopic (exact) mass is 332 g/mol. The molecule has 1 fully saturated rings. The molecule has 1 N–H and O–H groups in total. The van der Waals surface area contributed by atoms with Crippen molar-refractivity contribution < 1.29 is 4.79 Å². The van der Waals surface area contributed by atoms with Crippen LogP contribution in [0.5, 0.6) is 0 Å². The van der Waals surface area contributed by atoms with Crippen molar-refractivity contribution in [2.45, 2.75) is 32.9 Å². The number of nitrogens with zero attached hydrogens (tertiary/aromatic N) is 1. The molecule has 2 rings (SSSR count). The molecule has 1 heterocycles. The topological polar surface area (TPSA) is 32.3 Å². The second-order valence-corrected chi connectivity index (χ2v) is 5.84. The number of ketones is 1. The number of carbonyl (C=O) groups is 1. The summed E-state index contributed by atoms with van der Waals surface area (Å²) in [6, 6.07) is 10.9. The molecule has 0 spiro atoms. The normalized spacial score (nSPS) is 19.6. The van der Waals surface area contributed by atoms with Crippen LogP contribution in [0, 0.1) is 5.92 Å². The van der Waals surface area contributed by atoms with E-state index in [9.17, 15) is 4.79 Å². The Morgan fingerprint density at radius 2 is 1.90 bits per heavy atom. The minimum Gasteiger partial charge on any atom is -0.308 e. The third-order valence-corrected chi connectivity index (χ3v) is 3.57. The fourth-order valence-electron chi connectivity index (χ4n) is 2.70. The number of Topliss-reactive ketones (excluding diaryl/α,β-unsaturated/α-hetero) is 1. The number of rotatable bonds is 4. The molecule has 120 valence electrons. The number of nitrogens with one attached hydrogen (secondary N) is 1. The third kappa shape index (κ3) is 6.79. The van der Waals surface area contributed by atoms with Crippen LogP contribution < -0.4 is 5.32 Å². The molecule has 1 aliphatic rings. The van der Waals surface area contributed by atoms with Gasteiger partial charge in [0, 0.05) is 19.1 Å². The summed E-state index contributed by atoms with van der Waals surface area (Å²) < 4.78 is 0. The average molecular weight is 333 g/mol. The summed E-state index contributed by atoms with van der Waals surface area (Å²) >= 11 is 0. The highest BCUT2D eigenvalue weighted by Gasteiger charge is 2.24. The van der Waals surface area contributed by atoms with Gasteiger partial charge in [0.2, 0.25) is 0 Å². The number of benzene rings is 1. The van der Waals surface area contributed by atoms with Crippen LogP contribution in [-0.2, 0) is 11.3 Å². The lowest BCUT2D eigenvalue weighted by Crippen LogP contribution is -2.40. The van der Waals surface area contributed by atoms with Gasteiger partial charge in [0.1, 0.15) is 0 Å². The van der Waals surface area contributed by atoms with E-state index in [2.05, 4.69) is 48.3 Å². The van der Waals surface area contributed by atoms with Gasteiger partial charge in [-0.1, -0.05) is 44.2 Å². The predicted octanol–water partition coefficient (Wildman–Crippen LogP) is 2.92. The van der Waals surface area contributed by atoms with Crippen molar-refractivity contribution in [3.8, 4) is 0 Å². The summed E-state index contributed by atoms with van der Waals surface area (Å²) in [6.45, 7) is 7.35. The van der Waals surface area contributed by atoms with Crippen molar-refractivity contribution in [1.82, 2.24) is 10.2 Å². The van der Waals surface area contributed by atoms with E-state index in [0.29, 0.717) is 30.8 Å². The highest BCUT2D eigenvalue weighted by molar-refractivity contribution is 5.85. The Labute approximate surface area is 140 Å². The van der Waals surface area contributed by atoms with E-state index in [1.165, 1.54) is 5.56 Å². The SMILES string of the molecule is CC(C)C[C@H]1CNCC(=O)CN1Cc1ccccc1.Cl.Cl. The van der Waals surface area contributed by atoms with E-state index in [0.717, 1.165) is 19.5 Å². The zero-order valence-electron chi connectivity index (χ0n) is 12.7. The van der Waals surface area contributed by atoms with Crippen LogP contribution in [-0.4, -0.2) is 36.4 Å². The first-order valence-electron chi connectivity index (χ1n) is 7.15. The molecular weight excluding hydrogens is 307 g/mol. The zero-order valence-corrected chi connectivity index (χ0v) is 14.4. The van der Waals surface area contributed by atoms with Gasteiger partial charge >= 0.3 is 0 Å². The molecule has 0 aliphatic carbocycles. The van der Waals surface area contributed by atoms with Gasteiger partial charge in [0.05, 0.1) is 13.1 Å². The van der Waals surface area contributed by atoms with Gasteiger partial charge in [-0.25, -0.2) is 0 Å². The molecule has 0 bridgehead atoms. The summed E-state index contributed by atoms with van der Waals surface area (Å²) in [5.74, 6) is 0.945. The van der Waals surface area contributed by atoms with Crippen LogP contribution in [0.15, 0.2) is 30.3 Å². The summed E-state index contributed by atoms with van der Waals surface area (Å²) in [5.41, 5.74) is 1.28. The van der Waals surface area contributed by atoms with E-state index in [4.69, 9.17) is 0 Å². The second-order valence-electron chi connectivity index (χ2n) is 5.84. The average Bonchev–Trinajstić information content (AvgIpc) is 2.53. The molecule has 3 nitrogen and oxygen atoms in total. The van der Waals surface area contributed by atoms with Gasteiger partial charge in [-0.2, -0.15) is 0 Å². The van der Waals surface area contributed by atoms with Crippen molar-refractivity contribution in [1.29, 1.82) is 0 Å². The van der Waals surface area contributed by atoms with Crippen LogP contribution in [0.2, 0.25) is 0 Å². The highest BCUT2D eigenvalue weighted by Crippen LogP contribution is 2.16. The minimum atomic E-state index is 0. The lowest BCUT2D eigenvalue weighted by molar-refractivity contribution is -0.119. The molecule has 0 amide bonds. The van der Waals surface area contributed by atoms with Crippen LogP contribution in [0.3, 0.4) is 0 Å². The Morgan fingerprint density at radius 3 is 2.52 bits per heavy atom. The largest absolute Gasteiger partial charge is 0.308 e. The van der Waals surface area contributed by atoms with E-state index < -0.39 is 0 Å². The molecule has 1 aromatic carbocycles. The van der Waals surface area contributed by atoms with Gasteiger partial charge < -0.3 is 5.32 Å². The van der Waals surface area contributed by atoms with Gasteiger partial charge in [-0.15, -0.1) is 24.8 Å². The first-order valence-corrected chi connectivity index (χ1v) is 7.15. The lowest BCUT2D eigenvalue weighted by Gasteiger charge is -2.30. The number of carbonyl (C=O) groups excluding carboxylic acids is 1. The minimum absolute atomic E-state index is 0. The van der Waals surface area contributed by atoms with E-state index in [1.807, 2.05) is 6.07 Å². The zero-order chi connectivity index (χ0) is 13.7. The van der Waals surface area contributed by atoms with E-state index >= 15 is 0 Å². The number of halogens is 2. The first-order chi connectivity index (χ1) is 9.15. The summed E-state index contributed by atoms with van der Waals surface area (Å²) in [4.78, 5) is 14.1. The Morgan fingerprint density at radius 1 is 1.24 bits per heavy atom. The second kappa shape index (κ2) is 10.2. The lowest BCUT2D eigenvalue weighted by atomic mass is 10.0. The van der Waals surface area contributed by atoms with Crippen molar-refractivity contribution in [2.75, 3.05) is 19.6 Å². The maximum atomic E-state index is 11.8. The highest BCUT2D eigenvalue weighted by atomic mass is 35.5. The third-order valence-electron chi connectivity index (χ3n) is 3.57. The Kier molecular flexibility index (Phi) is 9.88. The molecule has 5 heteroatoms. The number of hydrogen-bond donors (Lipinski definition) is 1. The van der Waals surface area contributed by atoms with Crippen LogP contribution in [0.4, 0.5) is 0 Å². The fraction of sp³-hybridized carbons (Fsp3) is 0.562. The van der Waals surface area contributed by atoms with Gasteiger partial charge in [0.15, 0.2) is 5.78 Å². The van der Waals surface area contributed by atoms with Gasteiger partial charge in [-0.05, 0) is 17.9 Å². The molecule has 0 aromatic heterocycles. The summed E-state index contributed by atoms with van der Waals surface area (Å²) in [7, 11) is 0. The summed E-state index contributed by atoms with van der Waals surface area (Å²) in [6.07, 6.45) is 1.13. The maximum Gasteiger partial charge on any atom is 0.160 e. The smallest absolute Gasteiger partial charge is 0.160 e. The molecule has 1 saturated heterocycles. The van der Waals surface area contributed by atoms with E-state index in [-0.39, 0.29) is 24.8 Å². The molecule has 0 unspecified atom stereocenters. The quantitative estimate of drug-likeness (QED) is 0.920. The van der Waals surface area contributed by atoms with Crippen LogP contribution in [0.25, 0.3) is 0 Å². The Bertz CT molecular complexity index is 412. The van der Waals surface area contributed by atoms with Crippen LogP contribution in [0.1, 0.15) is 25.8 Å². The standard InChI is InChI=1S/C16H24N2O.2ClH/c1-13(2)8-15-9-17-10-16(19)12-18(15)11-14-6-4-3-5-7-14;;/h3-7,13,15,17H,8-12H2,1-2H3;2*1H/t15-;;/m0../s1. The van der Waals surface area contributed by atoms with E-state index in [1.54, 1.807) is 0 Å². The first kappa shape index (κ1) is 20.4. The van der Waals surface area contributed by atoms with Crippen LogP contribution >= 0.6 is 24.8 Å². The Balaban J connectivity index is 0.00000200. The molecule has 1 aromatic rings. The Hall–Kier alpha value is -0.610. The summed E-state index contributed by atoms with van der Waals surface area (Å²) in [5, 5.41) is 3.28. The predicted molar refractivity (Wildman–Crippen MR) is 92.5 cm³/mol. The number of hydrogen-bond acceptors (Lipinski definition) is 3. The van der Waals surface area contributed by atoms with Gasteiger partial charge in [0.25, 0.3) is 0 Å². The molecular formula is C16H26Cl2N2O. The van der Waals surface area contributed by atoms with Crippen molar-refractivity contribution in [3.63, 3.8) is 0 Å². The van der Waals surface area contributed by atoms with Crippen molar-refractivity contribution in [3.05, 3.63) is 35.9 Å². The maximum absolute atomic E-state index is 11.8. The fourth-order valence-corrected chi connectivity index (χ4v) is 2.70. The van der Waals surface area contributed by atoms with Crippen molar-refractivity contribution >= 4 is 30.6 Å². The molecule has 1 aliphatic heterocycles. The van der Waals surface area contributed by atoms with Crippen molar-refractivity contribution in [2.24, 2.45) is 5.92 Å². The molecule has 1 atom stereocenters. The van der Waals surface area contributed by atoms with Gasteiger partial charge in [-0.3, -0.25) is 9.69 Å². The molecule has 0 radical (unpaired) electrons.